The van der Waals surface area contributed by atoms with E-state index in [9.17, 15) is 9.59 Å². The van der Waals surface area contributed by atoms with Crippen molar-refractivity contribution in [1.82, 2.24) is 14.9 Å². The molecule has 4 rings (SSSR count). The molecule has 174 valence electrons. The third-order valence-electron chi connectivity index (χ3n) is 5.75. The van der Waals surface area contributed by atoms with Gasteiger partial charge in [0.1, 0.15) is 0 Å². The van der Waals surface area contributed by atoms with Gasteiger partial charge in [-0.05, 0) is 49.4 Å². The van der Waals surface area contributed by atoms with Crippen molar-refractivity contribution >= 4 is 28.6 Å². The Morgan fingerprint density at radius 1 is 1.24 bits per heavy atom. The standard InChI is InChI=1S/C26H31N3O3S/c1-17(2)14-27-24(30)20-10-11-22-23(13-20)28-26(33-16-19-8-6-18(3)7-9-19)29(25(22)31)15-21-5-4-12-32-21/h6-11,13,17,21H,4-5,12,14-16H2,1-3H3,(H,27,30). The zero-order valence-corrected chi connectivity index (χ0v) is 20.3. The number of hydrogen-bond donors (Lipinski definition) is 1. The van der Waals surface area contributed by atoms with Crippen molar-refractivity contribution in [3.05, 3.63) is 69.5 Å². The van der Waals surface area contributed by atoms with Crippen LogP contribution in [0.25, 0.3) is 10.9 Å². The Hall–Kier alpha value is -2.64. The van der Waals surface area contributed by atoms with Crippen LogP contribution in [-0.2, 0) is 17.0 Å². The first kappa shape index (κ1) is 23.5. The average molecular weight is 466 g/mol. The fraction of sp³-hybridized carbons (Fsp3) is 0.423. The summed E-state index contributed by atoms with van der Waals surface area (Å²) in [5, 5.41) is 4.11. The number of amides is 1. The minimum absolute atomic E-state index is 0.0294. The fourth-order valence-electron chi connectivity index (χ4n) is 3.84. The lowest BCUT2D eigenvalue weighted by Crippen LogP contribution is -2.29. The molecular weight excluding hydrogens is 434 g/mol. The van der Waals surface area contributed by atoms with Crippen molar-refractivity contribution < 1.29 is 9.53 Å². The second kappa shape index (κ2) is 10.5. The number of nitrogens with one attached hydrogen (secondary N) is 1. The van der Waals surface area contributed by atoms with Gasteiger partial charge in [0.25, 0.3) is 11.5 Å². The first-order valence-electron chi connectivity index (χ1n) is 11.5. The summed E-state index contributed by atoms with van der Waals surface area (Å²) in [5.74, 6) is 0.922. The number of carbonyl (C=O) groups is 1. The summed E-state index contributed by atoms with van der Waals surface area (Å²) in [6, 6.07) is 13.5. The molecule has 1 N–H and O–H groups in total. The molecule has 0 aliphatic carbocycles. The van der Waals surface area contributed by atoms with Crippen LogP contribution in [0.15, 0.2) is 52.4 Å². The molecule has 0 saturated carbocycles. The highest BCUT2D eigenvalue weighted by Gasteiger charge is 2.21. The van der Waals surface area contributed by atoms with Crippen LogP contribution in [0.2, 0.25) is 0 Å². The SMILES string of the molecule is Cc1ccc(CSc2nc3cc(C(=O)NCC(C)C)ccc3c(=O)n2CC2CCCO2)cc1. The molecule has 7 heteroatoms. The predicted molar refractivity (Wildman–Crippen MR) is 133 cm³/mol. The summed E-state index contributed by atoms with van der Waals surface area (Å²) in [5.41, 5.74) is 3.36. The van der Waals surface area contributed by atoms with Crippen LogP contribution in [-0.4, -0.2) is 34.7 Å². The Balaban J connectivity index is 1.67. The van der Waals surface area contributed by atoms with E-state index in [1.165, 1.54) is 11.1 Å². The number of thioether (sulfide) groups is 1. The number of ether oxygens (including phenoxy) is 1. The van der Waals surface area contributed by atoms with E-state index in [0.29, 0.717) is 46.4 Å². The van der Waals surface area contributed by atoms with E-state index < -0.39 is 0 Å². The van der Waals surface area contributed by atoms with Crippen LogP contribution >= 0.6 is 11.8 Å². The summed E-state index contributed by atoms with van der Waals surface area (Å²) in [6.07, 6.45) is 1.99. The quantitative estimate of drug-likeness (QED) is 0.390. The summed E-state index contributed by atoms with van der Waals surface area (Å²) in [7, 11) is 0. The Morgan fingerprint density at radius 2 is 2.03 bits per heavy atom. The average Bonchev–Trinajstić information content (AvgIpc) is 3.32. The molecule has 1 amide bonds. The van der Waals surface area contributed by atoms with Crippen LogP contribution in [0.5, 0.6) is 0 Å². The Kier molecular flexibility index (Phi) is 7.50. The third-order valence-corrected chi connectivity index (χ3v) is 6.80. The van der Waals surface area contributed by atoms with E-state index in [1.807, 2.05) is 0 Å². The molecule has 1 atom stereocenters. The van der Waals surface area contributed by atoms with E-state index >= 15 is 0 Å². The first-order valence-corrected chi connectivity index (χ1v) is 12.5. The lowest BCUT2D eigenvalue weighted by Gasteiger charge is -2.17. The third kappa shape index (κ3) is 5.84. The highest BCUT2D eigenvalue weighted by molar-refractivity contribution is 7.98. The molecule has 1 aliphatic heterocycles. The number of aromatic nitrogens is 2. The van der Waals surface area contributed by atoms with E-state index in [2.05, 4.69) is 50.4 Å². The van der Waals surface area contributed by atoms with E-state index in [4.69, 9.17) is 9.72 Å². The smallest absolute Gasteiger partial charge is 0.262 e. The van der Waals surface area contributed by atoms with Gasteiger partial charge < -0.3 is 10.1 Å². The van der Waals surface area contributed by atoms with Gasteiger partial charge in [-0.2, -0.15) is 0 Å². The minimum atomic E-state index is -0.148. The maximum absolute atomic E-state index is 13.4. The molecule has 1 fully saturated rings. The zero-order chi connectivity index (χ0) is 23.4. The van der Waals surface area contributed by atoms with Crippen molar-refractivity contribution in [1.29, 1.82) is 0 Å². The molecule has 33 heavy (non-hydrogen) atoms. The van der Waals surface area contributed by atoms with Crippen molar-refractivity contribution in [2.45, 2.75) is 57.2 Å². The van der Waals surface area contributed by atoms with E-state index in [1.54, 1.807) is 34.5 Å². The van der Waals surface area contributed by atoms with E-state index in [0.717, 1.165) is 19.4 Å². The summed E-state index contributed by atoms with van der Waals surface area (Å²) >= 11 is 1.54. The van der Waals surface area contributed by atoms with Crippen LogP contribution in [0.3, 0.4) is 0 Å². The second-order valence-corrected chi connectivity index (χ2v) is 10.00. The molecular formula is C26H31N3O3S. The normalized spacial score (nSPS) is 15.9. The molecule has 1 saturated heterocycles. The number of fused-ring (bicyclic) bond motifs is 1. The number of benzene rings is 2. The number of rotatable bonds is 8. The molecule has 1 aromatic heterocycles. The lowest BCUT2D eigenvalue weighted by molar-refractivity contribution is 0.0937. The van der Waals surface area contributed by atoms with Crippen molar-refractivity contribution in [3.8, 4) is 0 Å². The molecule has 0 bridgehead atoms. The summed E-state index contributed by atoms with van der Waals surface area (Å²) in [4.78, 5) is 30.8. The maximum Gasteiger partial charge on any atom is 0.262 e. The van der Waals surface area contributed by atoms with Crippen molar-refractivity contribution in [2.24, 2.45) is 5.92 Å². The second-order valence-electron chi connectivity index (χ2n) is 9.06. The van der Waals surface area contributed by atoms with Crippen LogP contribution in [0.1, 0.15) is 48.2 Å². The van der Waals surface area contributed by atoms with Crippen LogP contribution < -0.4 is 10.9 Å². The zero-order valence-electron chi connectivity index (χ0n) is 19.5. The largest absolute Gasteiger partial charge is 0.376 e. The van der Waals surface area contributed by atoms with Gasteiger partial charge in [-0.25, -0.2) is 4.98 Å². The van der Waals surface area contributed by atoms with Crippen LogP contribution in [0, 0.1) is 12.8 Å². The van der Waals surface area contributed by atoms with Gasteiger partial charge in [-0.1, -0.05) is 55.4 Å². The number of nitrogens with zero attached hydrogens (tertiary/aromatic N) is 2. The highest BCUT2D eigenvalue weighted by Crippen LogP contribution is 2.24. The van der Waals surface area contributed by atoms with E-state index in [-0.39, 0.29) is 17.6 Å². The lowest BCUT2D eigenvalue weighted by atomic mass is 10.1. The highest BCUT2D eigenvalue weighted by atomic mass is 32.2. The van der Waals surface area contributed by atoms with Gasteiger partial charge in [-0.15, -0.1) is 0 Å². The molecule has 3 aromatic rings. The molecule has 2 aromatic carbocycles. The first-order chi connectivity index (χ1) is 15.9. The molecule has 0 radical (unpaired) electrons. The summed E-state index contributed by atoms with van der Waals surface area (Å²) in [6.45, 7) is 8.00. The maximum atomic E-state index is 13.4. The van der Waals surface area contributed by atoms with Crippen LogP contribution in [0.4, 0.5) is 0 Å². The number of aryl methyl sites for hydroxylation is 1. The van der Waals surface area contributed by atoms with Crippen molar-refractivity contribution in [3.63, 3.8) is 0 Å². The van der Waals surface area contributed by atoms with Gasteiger partial charge in [0, 0.05) is 24.5 Å². The molecule has 1 aliphatic rings. The van der Waals surface area contributed by atoms with Crippen molar-refractivity contribution in [2.75, 3.05) is 13.2 Å². The summed E-state index contributed by atoms with van der Waals surface area (Å²) < 4.78 is 7.55. The number of carbonyl (C=O) groups excluding carboxylic acids is 1. The number of hydrogen-bond acceptors (Lipinski definition) is 5. The van der Waals surface area contributed by atoms with Gasteiger partial charge in [0.2, 0.25) is 0 Å². The Labute approximate surface area is 198 Å². The Bertz CT molecular complexity index is 1180. The Morgan fingerprint density at radius 3 is 2.73 bits per heavy atom. The molecule has 6 nitrogen and oxygen atoms in total. The van der Waals surface area contributed by atoms with Gasteiger partial charge in [0.05, 0.1) is 23.6 Å². The molecule has 1 unspecified atom stereocenters. The predicted octanol–water partition coefficient (Wildman–Crippen LogP) is 4.56. The monoisotopic (exact) mass is 465 g/mol. The van der Waals surface area contributed by atoms with Gasteiger partial charge in [0.15, 0.2) is 5.16 Å². The van der Waals surface area contributed by atoms with Gasteiger partial charge >= 0.3 is 0 Å². The topological polar surface area (TPSA) is 73.2 Å². The van der Waals surface area contributed by atoms with Gasteiger partial charge in [-0.3, -0.25) is 14.2 Å². The molecule has 0 spiro atoms. The fourth-order valence-corrected chi connectivity index (χ4v) is 4.80. The molecule has 2 heterocycles. The minimum Gasteiger partial charge on any atom is -0.376 e.